The molecule has 0 saturated heterocycles. The molecule has 4 unspecified atom stereocenters. The maximum atomic E-state index is 10.6. The van der Waals surface area contributed by atoms with Gasteiger partial charge in [0.25, 0.3) is 8.32 Å². The summed E-state index contributed by atoms with van der Waals surface area (Å²) in [6.07, 6.45) is 4.35. The summed E-state index contributed by atoms with van der Waals surface area (Å²) >= 11 is 0. The maximum absolute atomic E-state index is 10.6. The summed E-state index contributed by atoms with van der Waals surface area (Å²) in [5.41, 5.74) is 0. The first-order valence-corrected chi connectivity index (χ1v) is 12.3. The predicted molar refractivity (Wildman–Crippen MR) is 114 cm³/mol. The van der Waals surface area contributed by atoms with E-state index in [4.69, 9.17) is 4.43 Å². The summed E-state index contributed by atoms with van der Waals surface area (Å²) in [4.78, 5) is 0. The van der Waals surface area contributed by atoms with Crippen LogP contribution in [0.25, 0.3) is 0 Å². The number of rotatable bonds is 4. The quantitative estimate of drug-likeness (QED) is 0.809. The third kappa shape index (κ3) is 3.20. The van der Waals surface area contributed by atoms with Gasteiger partial charge in [0.15, 0.2) is 0 Å². The zero-order chi connectivity index (χ0) is 19.1. The Kier molecular flexibility index (Phi) is 5.04. The molecular weight excluding hydrogens is 348 g/mol. The summed E-state index contributed by atoms with van der Waals surface area (Å²) in [6, 6.07) is 21.7. The van der Waals surface area contributed by atoms with Gasteiger partial charge in [-0.25, -0.2) is 0 Å². The zero-order valence-electron chi connectivity index (χ0n) is 16.8. The lowest BCUT2D eigenvalue weighted by molar-refractivity contribution is 0.0483. The Balaban J connectivity index is 1.83. The lowest BCUT2D eigenvalue weighted by Crippen LogP contribution is -2.68. The summed E-state index contributed by atoms with van der Waals surface area (Å²) in [5.74, 6) is 0.954. The van der Waals surface area contributed by atoms with Crippen LogP contribution in [0.2, 0.25) is 5.04 Å². The Morgan fingerprint density at radius 1 is 0.815 bits per heavy atom. The average molecular weight is 381 g/mol. The van der Waals surface area contributed by atoms with Gasteiger partial charge in [0.1, 0.15) is 0 Å². The van der Waals surface area contributed by atoms with E-state index in [2.05, 4.69) is 81.4 Å². The molecule has 2 fully saturated rings. The van der Waals surface area contributed by atoms with Crippen LogP contribution in [0.15, 0.2) is 60.7 Å². The van der Waals surface area contributed by atoms with Gasteiger partial charge in [-0.3, -0.25) is 0 Å². The van der Waals surface area contributed by atoms with E-state index >= 15 is 0 Å². The molecule has 0 aliphatic heterocycles. The van der Waals surface area contributed by atoms with Gasteiger partial charge in [0.2, 0.25) is 0 Å². The Labute approximate surface area is 164 Å². The van der Waals surface area contributed by atoms with Crippen molar-refractivity contribution in [3.05, 3.63) is 60.7 Å². The standard InChI is InChI=1S/C24H32O2Si/c1-24(2,3)27(19-10-6-4-7-11-19,20-12-8-5-9-13-20)26-22-17-15-18-14-16-21(25)23(18)22/h4-13,18,21-23,25H,14-17H2,1-3H3. The lowest BCUT2D eigenvalue weighted by Gasteiger charge is -2.45. The van der Waals surface area contributed by atoms with Crippen molar-refractivity contribution in [1.29, 1.82) is 0 Å². The van der Waals surface area contributed by atoms with Gasteiger partial charge in [0.05, 0.1) is 12.2 Å². The SMILES string of the molecule is CC(C)(C)[Si](OC1CCC2CCC(O)C21)(c1ccccc1)c1ccccc1. The van der Waals surface area contributed by atoms with Crippen LogP contribution < -0.4 is 10.4 Å². The Hall–Kier alpha value is -1.42. The Morgan fingerprint density at radius 2 is 1.33 bits per heavy atom. The van der Waals surface area contributed by atoms with Gasteiger partial charge in [0, 0.05) is 5.92 Å². The number of aliphatic hydroxyl groups excluding tert-OH is 1. The second kappa shape index (κ2) is 7.19. The van der Waals surface area contributed by atoms with Crippen LogP contribution in [-0.2, 0) is 4.43 Å². The van der Waals surface area contributed by atoms with Crippen molar-refractivity contribution in [2.24, 2.45) is 11.8 Å². The minimum atomic E-state index is -2.51. The molecule has 0 amide bonds. The normalized spacial score (nSPS) is 28.3. The molecular formula is C24H32O2Si. The van der Waals surface area contributed by atoms with E-state index in [9.17, 15) is 5.11 Å². The molecule has 0 heterocycles. The van der Waals surface area contributed by atoms with Gasteiger partial charge >= 0.3 is 0 Å². The molecule has 0 bridgehead atoms. The molecule has 1 N–H and O–H groups in total. The summed E-state index contributed by atoms with van der Waals surface area (Å²) < 4.78 is 7.30. The summed E-state index contributed by atoms with van der Waals surface area (Å²) in [5, 5.41) is 13.3. The van der Waals surface area contributed by atoms with Gasteiger partial charge < -0.3 is 9.53 Å². The predicted octanol–water partition coefficient (Wildman–Crippen LogP) is 4.11. The van der Waals surface area contributed by atoms with Crippen LogP contribution in [0.3, 0.4) is 0 Å². The third-order valence-corrected chi connectivity index (χ3v) is 11.9. The Bertz CT molecular complexity index is 713. The second-order valence-corrected chi connectivity index (χ2v) is 13.6. The largest absolute Gasteiger partial charge is 0.404 e. The zero-order valence-corrected chi connectivity index (χ0v) is 17.8. The molecule has 0 aromatic heterocycles. The minimum Gasteiger partial charge on any atom is -0.404 e. The average Bonchev–Trinajstić information content (AvgIpc) is 3.23. The Morgan fingerprint density at radius 3 is 1.85 bits per heavy atom. The first-order chi connectivity index (χ1) is 12.9. The molecule has 2 saturated carbocycles. The molecule has 0 spiro atoms. The molecule has 4 rings (SSSR count). The van der Waals surface area contributed by atoms with Crippen molar-refractivity contribution in [3.8, 4) is 0 Å². The van der Waals surface area contributed by atoms with Gasteiger partial charge in [-0.15, -0.1) is 0 Å². The highest BCUT2D eigenvalue weighted by molar-refractivity contribution is 6.99. The highest BCUT2D eigenvalue weighted by Gasteiger charge is 2.55. The van der Waals surface area contributed by atoms with Crippen molar-refractivity contribution < 1.29 is 9.53 Å². The number of fused-ring (bicyclic) bond motifs is 1. The molecule has 27 heavy (non-hydrogen) atoms. The highest BCUT2D eigenvalue weighted by Crippen LogP contribution is 2.48. The first-order valence-electron chi connectivity index (χ1n) is 10.4. The van der Waals surface area contributed by atoms with E-state index in [-0.39, 0.29) is 17.2 Å². The van der Waals surface area contributed by atoms with Gasteiger partial charge in [-0.2, -0.15) is 0 Å². The van der Waals surface area contributed by atoms with Crippen LogP contribution >= 0.6 is 0 Å². The number of hydrogen-bond donors (Lipinski definition) is 1. The van der Waals surface area contributed by atoms with Crippen molar-refractivity contribution in [2.75, 3.05) is 0 Å². The smallest absolute Gasteiger partial charge is 0.261 e. The molecule has 2 aliphatic rings. The minimum absolute atomic E-state index is 0.00263. The molecule has 2 aromatic carbocycles. The molecule has 144 valence electrons. The van der Waals surface area contributed by atoms with E-state index in [1.807, 2.05) is 0 Å². The number of benzene rings is 2. The van der Waals surface area contributed by atoms with E-state index in [1.165, 1.54) is 16.8 Å². The summed E-state index contributed by atoms with van der Waals surface area (Å²) in [7, 11) is -2.51. The molecule has 2 aliphatic carbocycles. The van der Waals surface area contributed by atoms with Crippen LogP contribution in [0, 0.1) is 11.8 Å². The molecule has 4 atom stereocenters. The van der Waals surface area contributed by atoms with Crippen LogP contribution in [-0.4, -0.2) is 25.6 Å². The van der Waals surface area contributed by atoms with Crippen LogP contribution in [0.5, 0.6) is 0 Å². The van der Waals surface area contributed by atoms with Crippen molar-refractivity contribution in [3.63, 3.8) is 0 Å². The molecule has 3 heteroatoms. The van der Waals surface area contributed by atoms with Crippen LogP contribution in [0.4, 0.5) is 0 Å². The van der Waals surface area contributed by atoms with E-state index in [0.717, 1.165) is 19.3 Å². The first kappa shape index (κ1) is 18.9. The third-order valence-electron chi connectivity index (χ3n) is 6.82. The fourth-order valence-electron chi connectivity index (χ4n) is 5.60. The van der Waals surface area contributed by atoms with Crippen molar-refractivity contribution in [1.82, 2.24) is 0 Å². The second-order valence-electron chi connectivity index (χ2n) is 9.38. The lowest BCUT2D eigenvalue weighted by atomic mass is 9.98. The van der Waals surface area contributed by atoms with Gasteiger partial charge in [-0.1, -0.05) is 81.4 Å². The number of hydrogen-bond acceptors (Lipinski definition) is 2. The number of aliphatic hydroxyl groups is 1. The fourth-order valence-corrected chi connectivity index (χ4v) is 10.3. The molecule has 2 nitrogen and oxygen atoms in total. The fraction of sp³-hybridized carbons (Fsp3) is 0.500. The van der Waals surface area contributed by atoms with Gasteiger partial charge in [-0.05, 0) is 47.0 Å². The monoisotopic (exact) mass is 380 g/mol. The van der Waals surface area contributed by atoms with Crippen molar-refractivity contribution >= 4 is 18.7 Å². The topological polar surface area (TPSA) is 29.5 Å². The highest BCUT2D eigenvalue weighted by atomic mass is 28.4. The maximum Gasteiger partial charge on any atom is 0.261 e. The summed E-state index contributed by atoms with van der Waals surface area (Å²) in [6.45, 7) is 6.99. The molecule has 2 aromatic rings. The van der Waals surface area contributed by atoms with E-state index in [1.54, 1.807) is 0 Å². The van der Waals surface area contributed by atoms with E-state index < -0.39 is 8.32 Å². The van der Waals surface area contributed by atoms with Crippen molar-refractivity contribution in [2.45, 2.75) is 63.7 Å². The van der Waals surface area contributed by atoms with E-state index in [0.29, 0.717) is 11.8 Å². The van der Waals surface area contributed by atoms with Crippen LogP contribution in [0.1, 0.15) is 46.5 Å². The molecule has 0 radical (unpaired) electrons.